The molecule has 10 heteroatoms. The molecule has 0 spiro atoms. The number of amides is 1. The summed E-state index contributed by atoms with van der Waals surface area (Å²) in [5.74, 6) is -0.489. The molecule has 0 bridgehead atoms. The molecule has 2 atom stereocenters. The SMILES string of the molecule is CS(=O)(=O)CCC(N)C(=O)NC1CCCc2cc(OC(F)F)ccc21.Cl. The molecule has 0 heterocycles. The summed E-state index contributed by atoms with van der Waals surface area (Å²) in [7, 11) is -3.18. The first-order valence-corrected chi connectivity index (χ1v) is 10.0. The molecule has 0 saturated carbocycles. The van der Waals surface area contributed by atoms with Crippen LogP contribution in [0.3, 0.4) is 0 Å². The summed E-state index contributed by atoms with van der Waals surface area (Å²) in [6, 6.07) is 3.48. The van der Waals surface area contributed by atoms with E-state index in [-0.39, 0.29) is 36.4 Å². The molecule has 1 amide bonds. The lowest BCUT2D eigenvalue weighted by Gasteiger charge is -2.28. The van der Waals surface area contributed by atoms with Crippen molar-refractivity contribution in [2.24, 2.45) is 5.73 Å². The molecule has 2 unspecified atom stereocenters. The Bertz CT molecular complexity index is 731. The Morgan fingerprint density at radius 3 is 2.73 bits per heavy atom. The van der Waals surface area contributed by atoms with Gasteiger partial charge >= 0.3 is 6.61 Å². The largest absolute Gasteiger partial charge is 0.435 e. The van der Waals surface area contributed by atoms with Crippen LogP contribution in [0, 0.1) is 0 Å². The van der Waals surface area contributed by atoms with E-state index in [1.165, 1.54) is 6.07 Å². The minimum atomic E-state index is -3.18. The third-order valence-electron chi connectivity index (χ3n) is 4.11. The monoisotopic (exact) mass is 412 g/mol. The van der Waals surface area contributed by atoms with Gasteiger partial charge in [0.2, 0.25) is 5.91 Å². The van der Waals surface area contributed by atoms with Crippen molar-refractivity contribution in [2.45, 2.75) is 44.4 Å². The predicted molar refractivity (Wildman–Crippen MR) is 96.4 cm³/mol. The number of hydrogen-bond donors (Lipinski definition) is 2. The van der Waals surface area contributed by atoms with E-state index in [0.29, 0.717) is 12.8 Å². The van der Waals surface area contributed by atoms with E-state index < -0.39 is 28.4 Å². The fourth-order valence-corrected chi connectivity index (χ4v) is 3.55. The number of hydrogen-bond acceptors (Lipinski definition) is 5. The molecule has 1 aromatic rings. The van der Waals surface area contributed by atoms with Crippen molar-refractivity contribution in [1.82, 2.24) is 5.32 Å². The molecular weight excluding hydrogens is 390 g/mol. The van der Waals surface area contributed by atoms with Gasteiger partial charge in [-0.15, -0.1) is 12.4 Å². The average molecular weight is 413 g/mol. The quantitative estimate of drug-likeness (QED) is 0.713. The van der Waals surface area contributed by atoms with Crippen LogP contribution in [0.4, 0.5) is 8.78 Å². The fourth-order valence-electron chi connectivity index (χ4n) is 2.87. The summed E-state index contributed by atoms with van der Waals surface area (Å²) < 4.78 is 51.4. The number of carbonyl (C=O) groups is 1. The number of nitrogens with one attached hydrogen (secondary N) is 1. The number of sulfone groups is 1. The molecule has 1 aromatic carbocycles. The van der Waals surface area contributed by atoms with Gasteiger partial charge < -0.3 is 15.8 Å². The number of aryl methyl sites for hydroxylation is 1. The zero-order valence-electron chi connectivity index (χ0n) is 14.3. The minimum absolute atomic E-state index is 0. The molecule has 148 valence electrons. The summed E-state index contributed by atoms with van der Waals surface area (Å²) in [4.78, 5) is 12.2. The van der Waals surface area contributed by atoms with Crippen LogP contribution in [-0.2, 0) is 21.1 Å². The number of halogens is 3. The van der Waals surface area contributed by atoms with E-state index in [1.54, 1.807) is 12.1 Å². The molecule has 0 aliphatic heterocycles. The number of alkyl halides is 2. The number of fused-ring (bicyclic) bond motifs is 1. The van der Waals surface area contributed by atoms with Gasteiger partial charge in [0.1, 0.15) is 15.6 Å². The smallest absolute Gasteiger partial charge is 0.387 e. The molecule has 0 fully saturated rings. The van der Waals surface area contributed by atoms with E-state index >= 15 is 0 Å². The number of benzene rings is 1. The van der Waals surface area contributed by atoms with Crippen LogP contribution in [0.1, 0.15) is 36.4 Å². The molecule has 0 aromatic heterocycles. The highest BCUT2D eigenvalue weighted by Gasteiger charge is 2.25. The second-order valence-electron chi connectivity index (χ2n) is 6.22. The topological polar surface area (TPSA) is 98.5 Å². The Morgan fingerprint density at radius 1 is 1.42 bits per heavy atom. The van der Waals surface area contributed by atoms with Crippen LogP contribution in [0.2, 0.25) is 0 Å². The molecule has 26 heavy (non-hydrogen) atoms. The number of rotatable bonds is 7. The zero-order valence-corrected chi connectivity index (χ0v) is 15.9. The highest BCUT2D eigenvalue weighted by molar-refractivity contribution is 7.90. The average Bonchev–Trinajstić information content (AvgIpc) is 2.51. The van der Waals surface area contributed by atoms with Gasteiger partial charge in [0.25, 0.3) is 0 Å². The number of carbonyl (C=O) groups excluding carboxylic acids is 1. The van der Waals surface area contributed by atoms with Crippen LogP contribution in [0.15, 0.2) is 18.2 Å². The van der Waals surface area contributed by atoms with Crippen molar-refractivity contribution >= 4 is 28.2 Å². The summed E-state index contributed by atoms with van der Waals surface area (Å²) in [5, 5.41) is 2.82. The Hall–Kier alpha value is -1.45. The van der Waals surface area contributed by atoms with Crippen LogP contribution in [-0.4, -0.2) is 39.0 Å². The standard InChI is InChI=1S/C16H22F2N2O4S.ClH/c1-25(22,23)8-7-13(19)15(21)20-14-4-2-3-10-9-11(24-16(17)18)5-6-12(10)14;/h5-6,9,13-14,16H,2-4,7-8,19H2,1H3,(H,20,21);1H. The van der Waals surface area contributed by atoms with Gasteiger partial charge in [-0.25, -0.2) is 8.42 Å². The van der Waals surface area contributed by atoms with Gasteiger partial charge in [-0.05, 0) is 48.9 Å². The Labute approximate surface area is 157 Å². The van der Waals surface area contributed by atoms with E-state index in [0.717, 1.165) is 23.8 Å². The molecule has 0 saturated heterocycles. The highest BCUT2D eigenvalue weighted by Crippen LogP contribution is 2.32. The summed E-state index contributed by atoms with van der Waals surface area (Å²) >= 11 is 0. The van der Waals surface area contributed by atoms with Crippen molar-refractivity contribution in [3.63, 3.8) is 0 Å². The van der Waals surface area contributed by atoms with Gasteiger partial charge in [-0.2, -0.15) is 8.78 Å². The van der Waals surface area contributed by atoms with E-state index in [9.17, 15) is 22.0 Å². The van der Waals surface area contributed by atoms with Gasteiger partial charge in [0.05, 0.1) is 17.8 Å². The maximum atomic E-state index is 12.3. The minimum Gasteiger partial charge on any atom is -0.435 e. The van der Waals surface area contributed by atoms with Crippen molar-refractivity contribution in [3.8, 4) is 5.75 Å². The number of ether oxygens (including phenoxy) is 1. The maximum Gasteiger partial charge on any atom is 0.387 e. The van der Waals surface area contributed by atoms with Crippen LogP contribution < -0.4 is 15.8 Å². The molecule has 0 radical (unpaired) electrons. The molecule has 1 aliphatic carbocycles. The lowest BCUT2D eigenvalue weighted by atomic mass is 9.87. The first-order valence-electron chi connectivity index (χ1n) is 7.97. The van der Waals surface area contributed by atoms with Crippen LogP contribution in [0.5, 0.6) is 5.75 Å². The third-order valence-corrected chi connectivity index (χ3v) is 5.08. The van der Waals surface area contributed by atoms with Gasteiger partial charge in [0, 0.05) is 6.26 Å². The van der Waals surface area contributed by atoms with E-state index in [4.69, 9.17) is 5.73 Å². The molecule has 1 aliphatic rings. The molecule has 6 nitrogen and oxygen atoms in total. The van der Waals surface area contributed by atoms with Crippen molar-refractivity contribution in [3.05, 3.63) is 29.3 Å². The summed E-state index contributed by atoms with van der Waals surface area (Å²) in [6.07, 6.45) is 3.34. The van der Waals surface area contributed by atoms with Gasteiger partial charge in [0.15, 0.2) is 0 Å². The summed E-state index contributed by atoms with van der Waals surface area (Å²) in [5.41, 5.74) is 7.45. The Morgan fingerprint density at radius 2 is 2.12 bits per heavy atom. The van der Waals surface area contributed by atoms with E-state index in [1.807, 2.05) is 0 Å². The normalized spacial score (nSPS) is 17.8. The second-order valence-corrected chi connectivity index (χ2v) is 8.48. The van der Waals surface area contributed by atoms with Crippen molar-refractivity contribution in [2.75, 3.05) is 12.0 Å². The molecule has 2 rings (SSSR count). The molecule has 3 N–H and O–H groups in total. The first-order chi connectivity index (χ1) is 11.7. The molecular formula is C16H23ClF2N2O4S. The maximum absolute atomic E-state index is 12.3. The lowest BCUT2D eigenvalue weighted by molar-refractivity contribution is -0.123. The van der Waals surface area contributed by atoms with Crippen LogP contribution in [0.25, 0.3) is 0 Å². The first kappa shape index (κ1) is 22.6. The second kappa shape index (κ2) is 9.48. The van der Waals surface area contributed by atoms with E-state index in [2.05, 4.69) is 10.1 Å². The number of nitrogens with two attached hydrogens (primary N) is 1. The predicted octanol–water partition coefficient (Wildman–Crippen LogP) is 1.97. The Kier molecular flexibility index (Phi) is 8.23. The Balaban J connectivity index is 0.00000338. The lowest BCUT2D eigenvalue weighted by Crippen LogP contribution is -2.43. The summed E-state index contributed by atoms with van der Waals surface area (Å²) in [6.45, 7) is -2.88. The van der Waals surface area contributed by atoms with Crippen molar-refractivity contribution < 1.29 is 26.7 Å². The van der Waals surface area contributed by atoms with Gasteiger partial charge in [-0.3, -0.25) is 4.79 Å². The fraction of sp³-hybridized carbons (Fsp3) is 0.562. The van der Waals surface area contributed by atoms with Gasteiger partial charge in [-0.1, -0.05) is 6.07 Å². The highest BCUT2D eigenvalue weighted by atomic mass is 35.5. The third kappa shape index (κ3) is 6.69. The zero-order chi connectivity index (χ0) is 18.6. The van der Waals surface area contributed by atoms with Crippen molar-refractivity contribution in [1.29, 1.82) is 0 Å². The van der Waals surface area contributed by atoms with Crippen LogP contribution >= 0.6 is 12.4 Å².